The molecule has 3 rings (SSSR count). The van der Waals surface area contributed by atoms with Crippen molar-refractivity contribution < 1.29 is 18.0 Å². The lowest BCUT2D eigenvalue weighted by atomic mass is 10.2. The van der Waals surface area contributed by atoms with Gasteiger partial charge in [-0.1, -0.05) is 23.7 Å². The van der Waals surface area contributed by atoms with E-state index >= 15 is 0 Å². The number of benzene rings is 2. The minimum absolute atomic E-state index is 0.0576. The maximum atomic E-state index is 12.3. The van der Waals surface area contributed by atoms with E-state index in [1.807, 2.05) is 4.98 Å². The highest BCUT2D eigenvalue weighted by atomic mass is 35.5. The van der Waals surface area contributed by atoms with Crippen molar-refractivity contribution in [1.29, 1.82) is 0 Å². The Bertz CT molecular complexity index is 1360. The summed E-state index contributed by atoms with van der Waals surface area (Å²) >= 11 is 5.91. The number of carbonyl (C=O) groups excluding carboxylic acids is 2. The SMILES string of the molecule is O=C(NNC(=O)c1ccccc1Cl)c1ccc(NS(=O)(=O)c2c[nH]c(=O)[nH]c2=O)cc1. The topological polar surface area (TPSA) is 170 Å². The van der Waals surface area contributed by atoms with Crippen LogP contribution in [0.4, 0.5) is 5.69 Å². The van der Waals surface area contributed by atoms with Gasteiger partial charge in [-0.15, -0.1) is 0 Å². The molecule has 3 aromatic rings. The zero-order valence-corrected chi connectivity index (χ0v) is 17.0. The molecule has 0 spiro atoms. The number of hydrogen-bond acceptors (Lipinski definition) is 6. The van der Waals surface area contributed by atoms with E-state index in [2.05, 4.69) is 20.6 Å². The first-order valence-corrected chi connectivity index (χ1v) is 10.3. The standard InChI is InChI=1S/C18H14ClN5O6S/c19-13-4-2-1-3-12(13)16(26)23-22-15(25)10-5-7-11(8-6-10)24-31(29,30)14-9-20-18(28)21-17(14)27/h1-9,24H,(H,22,25)(H,23,26)(H2,20,21,27,28). The van der Waals surface area contributed by atoms with Crippen molar-refractivity contribution in [2.45, 2.75) is 4.90 Å². The fraction of sp³-hybridized carbons (Fsp3) is 0. The number of hydrazine groups is 1. The van der Waals surface area contributed by atoms with Gasteiger partial charge in [-0.25, -0.2) is 13.2 Å². The molecule has 0 bridgehead atoms. The number of anilines is 1. The summed E-state index contributed by atoms with van der Waals surface area (Å²) in [5.74, 6) is -1.28. The number of hydrogen-bond donors (Lipinski definition) is 5. The molecule has 0 aliphatic heterocycles. The largest absolute Gasteiger partial charge is 0.325 e. The molecule has 13 heteroatoms. The maximum absolute atomic E-state index is 12.3. The summed E-state index contributed by atoms with van der Waals surface area (Å²) in [5.41, 5.74) is 2.85. The van der Waals surface area contributed by atoms with Crippen LogP contribution >= 0.6 is 11.6 Å². The second-order valence-corrected chi connectivity index (χ2v) is 8.07. The van der Waals surface area contributed by atoms with Crippen LogP contribution in [0.1, 0.15) is 20.7 Å². The molecular weight excluding hydrogens is 450 g/mol. The zero-order chi connectivity index (χ0) is 22.6. The fourth-order valence-electron chi connectivity index (χ4n) is 2.40. The molecule has 0 radical (unpaired) electrons. The number of sulfonamides is 1. The second-order valence-electron chi connectivity index (χ2n) is 6.01. The summed E-state index contributed by atoms with van der Waals surface area (Å²) in [6.07, 6.45) is 0.771. The number of aromatic nitrogens is 2. The Balaban J connectivity index is 1.66. The summed E-state index contributed by atoms with van der Waals surface area (Å²) in [4.78, 5) is 50.1. The average molecular weight is 464 g/mol. The fourth-order valence-corrected chi connectivity index (χ4v) is 3.68. The molecule has 1 heterocycles. The minimum Gasteiger partial charge on any atom is -0.313 e. The summed E-state index contributed by atoms with van der Waals surface area (Å²) in [6, 6.07) is 11.4. The normalized spacial score (nSPS) is 10.9. The van der Waals surface area contributed by atoms with Gasteiger partial charge in [0.05, 0.1) is 10.6 Å². The predicted octanol–water partition coefficient (Wildman–Crippen LogP) is 0.592. The van der Waals surface area contributed by atoms with Crippen LogP contribution in [-0.2, 0) is 10.0 Å². The quantitative estimate of drug-likeness (QED) is 0.347. The van der Waals surface area contributed by atoms with E-state index in [0.29, 0.717) is 0 Å². The van der Waals surface area contributed by atoms with Gasteiger partial charge in [0.2, 0.25) is 0 Å². The molecule has 0 aliphatic carbocycles. The van der Waals surface area contributed by atoms with Crippen molar-refractivity contribution in [2.24, 2.45) is 0 Å². The number of nitrogens with one attached hydrogen (secondary N) is 5. The lowest BCUT2D eigenvalue weighted by Gasteiger charge is -2.10. The van der Waals surface area contributed by atoms with E-state index < -0.39 is 38.0 Å². The molecule has 0 unspecified atom stereocenters. The molecule has 11 nitrogen and oxygen atoms in total. The van der Waals surface area contributed by atoms with Crippen LogP contribution in [0.25, 0.3) is 0 Å². The van der Waals surface area contributed by atoms with E-state index in [9.17, 15) is 27.6 Å². The minimum atomic E-state index is -4.28. The van der Waals surface area contributed by atoms with Crippen molar-refractivity contribution in [3.8, 4) is 0 Å². The van der Waals surface area contributed by atoms with Crippen LogP contribution in [0.15, 0.2) is 69.2 Å². The number of rotatable bonds is 5. The van der Waals surface area contributed by atoms with Gasteiger partial charge in [-0.05, 0) is 36.4 Å². The van der Waals surface area contributed by atoms with E-state index in [1.165, 1.54) is 36.4 Å². The number of amides is 2. The van der Waals surface area contributed by atoms with Gasteiger partial charge in [-0.3, -0.25) is 34.9 Å². The van der Waals surface area contributed by atoms with E-state index in [1.54, 1.807) is 12.1 Å². The van der Waals surface area contributed by atoms with E-state index in [-0.39, 0.29) is 21.8 Å². The Labute approximate surface area is 179 Å². The number of halogens is 1. The van der Waals surface area contributed by atoms with Crippen LogP contribution in [-0.4, -0.2) is 30.2 Å². The van der Waals surface area contributed by atoms with Crippen molar-refractivity contribution in [2.75, 3.05) is 4.72 Å². The highest BCUT2D eigenvalue weighted by Crippen LogP contribution is 2.15. The molecular formula is C18H14ClN5O6S. The van der Waals surface area contributed by atoms with E-state index in [4.69, 9.17) is 11.6 Å². The van der Waals surface area contributed by atoms with E-state index in [0.717, 1.165) is 6.20 Å². The van der Waals surface area contributed by atoms with Crippen LogP contribution in [0.5, 0.6) is 0 Å². The van der Waals surface area contributed by atoms with Crippen LogP contribution in [0, 0.1) is 0 Å². The van der Waals surface area contributed by atoms with Gasteiger partial charge in [0, 0.05) is 17.4 Å². The van der Waals surface area contributed by atoms with Gasteiger partial charge in [0.25, 0.3) is 27.4 Å². The number of aromatic amines is 2. The molecule has 0 fully saturated rings. The van der Waals surface area contributed by atoms with Gasteiger partial charge in [0.1, 0.15) is 0 Å². The molecule has 1 aromatic heterocycles. The molecule has 31 heavy (non-hydrogen) atoms. The zero-order valence-electron chi connectivity index (χ0n) is 15.4. The Morgan fingerprint density at radius 3 is 2.19 bits per heavy atom. The van der Waals surface area contributed by atoms with Crippen LogP contribution in [0.2, 0.25) is 5.02 Å². The Kier molecular flexibility index (Phi) is 6.22. The van der Waals surface area contributed by atoms with Crippen molar-refractivity contribution >= 4 is 39.1 Å². The van der Waals surface area contributed by atoms with Gasteiger partial charge in [-0.2, -0.15) is 0 Å². The summed E-state index contributed by atoms with van der Waals surface area (Å²) < 4.78 is 26.8. The first-order chi connectivity index (χ1) is 14.7. The van der Waals surface area contributed by atoms with Crippen LogP contribution in [0.3, 0.4) is 0 Å². The molecule has 0 aliphatic rings. The Morgan fingerprint density at radius 2 is 1.55 bits per heavy atom. The highest BCUT2D eigenvalue weighted by molar-refractivity contribution is 7.92. The average Bonchev–Trinajstić information content (AvgIpc) is 2.72. The first-order valence-electron chi connectivity index (χ1n) is 8.47. The van der Waals surface area contributed by atoms with Crippen molar-refractivity contribution in [3.05, 3.63) is 91.7 Å². The van der Waals surface area contributed by atoms with Gasteiger partial charge < -0.3 is 4.98 Å². The summed E-state index contributed by atoms with van der Waals surface area (Å²) in [5, 5.41) is 0.215. The number of H-pyrrole nitrogens is 2. The summed E-state index contributed by atoms with van der Waals surface area (Å²) in [6.45, 7) is 0. The summed E-state index contributed by atoms with van der Waals surface area (Å²) in [7, 11) is -4.28. The number of carbonyl (C=O) groups is 2. The smallest absolute Gasteiger partial charge is 0.313 e. The third-order valence-corrected chi connectivity index (χ3v) is 5.60. The van der Waals surface area contributed by atoms with Gasteiger partial charge >= 0.3 is 5.69 Å². The third kappa shape index (κ3) is 5.18. The molecule has 2 aromatic carbocycles. The second kappa shape index (κ2) is 8.85. The van der Waals surface area contributed by atoms with Crippen LogP contribution < -0.4 is 26.8 Å². The monoisotopic (exact) mass is 463 g/mol. The Hall–Kier alpha value is -3.90. The van der Waals surface area contributed by atoms with Crippen molar-refractivity contribution in [3.63, 3.8) is 0 Å². The molecule has 2 amide bonds. The first kappa shape index (κ1) is 21.8. The highest BCUT2D eigenvalue weighted by Gasteiger charge is 2.19. The molecule has 5 N–H and O–H groups in total. The predicted molar refractivity (Wildman–Crippen MR) is 111 cm³/mol. The van der Waals surface area contributed by atoms with Gasteiger partial charge in [0.15, 0.2) is 4.90 Å². The van der Waals surface area contributed by atoms with Crippen molar-refractivity contribution in [1.82, 2.24) is 20.8 Å². The lowest BCUT2D eigenvalue weighted by Crippen LogP contribution is -2.41. The molecule has 160 valence electrons. The molecule has 0 atom stereocenters. The Morgan fingerprint density at radius 1 is 0.903 bits per heavy atom. The lowest BCUT2D eigenvalue weighted by molar-refractivity contribution is 0.0847. The molecule has 0 saturated carbocycles. The molecule has 0 saturated heterocycles. The maximum Gasteiger partial charge on any atom is 0.325 e. The third-order valence-electron chi connectivity index (χ3n) is 3.88.